The van der Waals surface area contributed by atoms with Crippen LogP contribution in [0.4, 0.5) is 0 Å². The van der Waals surface area contributed by atoms with Crippen molar-refractivity contribution in [3.63, 3.8) is 0 Å². The normalized spacial score (nSPS) is 34.4. The molecule has 0 spiro atoms. The lowest BCUT2D eigenvalue weighted by Gasteiger charge is -2.42. The van der Waals surface area contributed by atoms with E-state index in [4.69, 9.17) is 5.11 Å². The van der Waals surface area contributed by atoms with Gasteiger partial charge in [0.2, 0.25) is 0 Å². The standard InChI is InChI=1S/C11H18O3/c1-10(2)5-4-6-11(3,14)8(10)7-9(12)13/h7,14H,4-6H2,1-3H3,(H,12,13). The third-order valence-electron chi connectivity index (χ3n) is 3.04. The minimum Gasteiger partial charge on any atom is -0.478 e. The van der Waals surface area contributed by atoms with Gasteiger partial charge in [-0.15, -0.1) is 0 Å². The molecule has 0 aromatic rings. The van der Waals surface area contributed by atoms with Gasteiger partial charge in [-0.3, -0.25) is 0 Å². The summed E-state index contributed by atoms with van der Waals surface area (Å²) in [5.41, 5.74) is -0.524. The van der Waals surface area contributed by atoms with Crippen LogP contribution >= 0.6 is 0 Å². The second kappa shape index (κ2) is 3.39. The Bertz CT molecular complexity index is 256. The minimum atomic E-state index is -0.977. The summed E-state index contributed by atoms with van der Waals surface area (Å²) in [7, 11) is 0. The molecule has 1 aliphatic rings. The lowest BCUT2D eigenvalue weighted by atomic mass is 9.66. The number of hydrogen-bond acceptors (Lipinski definition) is 2. The van der Waals surface area contributed by atoms with E-state index in [9.17, 15) is 9.90 Å². The smallest absolute Gasteiger partial charge is 0.328 e. The molecule has 1 rings (SSSR count). The Balaban J connectivity index is 3.10. The molecule has 0 radical (unpaired) electrons. The van der Waals surface area contributed by atoms with E-state index < -0.39 is 11.6 Å². The van der Waals surface area contributed by atoms with Gasteiger partial charge in [-0.05, 0) is 37.2 Å². The lowest BCUT2D eigenvalue weighted by molar-refractivity contribution is -0.131. The van der Waals surface area contributed by atoms with Gasteiger partial charge in [-0.25, -0.2) is 4.79 Å². The first-order valence-electron chi connectivity index (χ1n) is 4.94. The van der Waals surface area contributed by atoms with E-state index >= 15 is 0 Å². The van der Waals surface area contributed by atoms with Crippen LogP contribution in [-0.4, -0.2) is 21.8 Å². The first kappa shape index (κ1) is 11.2. The Morgan fingerprint density at radius 3 is 2.36 bits per heavy atom. The minimum absolute atomic E-state index is 0.208. The number of hydrogen-bond donors (Lipinski definition) is 2. The van der Waals surface area contributed by atoms with Crippen LogP contribution in [-0.2, 0) is 4.79 Å². The summed E-state index contributed by atoms with van der Waals surface area (Å²) in [5.74, 6) is -0.977. The third-order valence-corrected chi connectivity index (χ3v) is 3.04. The first-order valence-corrected chi connectivity index (χ1v) is 4.94. The number of rotatable bonds is 1. The van der Waals surface area contributed by atoms with Crippen LogP contribution in [0.1, 0.15) is 40.0 Å². The molecular weight excluding hydrogens is 180 g/mol. The molecule has 0 saturated heterocycles. The maximum absolute atomic E-state index is 10.7. The monoisotopic (exact) mass is 198 g/mol. The summed E-state index contributed by atoms with van der Waals surface area (Å²) in [6, 6.07) is 0. The highest BCUT2D eigenvalue weighted by molar-refractivity contribution is 5.81. The molecule has 1 saturated carbocycles. The Kier molecular flexibility index (Phi) is 2.72. The molecule has 80 valence electrons. The van der Waals surface area contributed by atoms with Crippen molar-refractivity contribution in [1.82, 2.24) is 0 Å². The fourth-order valence-corrected chi connectivity index (χ4v) is 2.35. The van der Waals surface area contributed by atoms with Gasteiger partial charge in [0.1, 0.15) is 0 Å². The molecule has 3 heteroatoms. The van der Waals surface area contributed by atoms with E-state index in [0.717, 1.165) is 12.8 Å². The van der Waals surface area contributed by atoms with Crippen LogP contribution in [0, 0.1) is 5.41 Å². The quantitative estimate of drug-likeness (QED) is 0.633. The second-order valence-electron chi connectivity index (χ2n) is 4.91. The zero-order valence-electron chi connectivity index (χ0n) is 9.00. The molecule has 1 aliphatic carbocycles. The molecule has 1 atom stereocenters. The predicted octanol–water partition coefficient (Wildman–Crippen LogP) is 1.96. The summed E-state index contributed by atoms with van der Waals surface area (Å²) in [6.07, 6.45) is 3.69. The molecule has 3 nitrogen and oxygen atoms in total. The average Bonchev–Trinajstić information content (AvgIpc) is 1.96. The Labute approximate surface area is 84.4 Å². The summed E-state index contributed by atoms with van der Waals surface area (Å²) in [4.78, 5) is 10.7. The van der Waals surface area contributed by atoms with Gasteiger partial charge in [0.15, 0.2) is 0 Å². The molecule has 0 bridgehead atoms. The zero-order valence-corrected chi connectivity index (χ0v) is 9.00. The fourth-order valence-electron chi connectivity index (χ4n) is 2.35. The van der Waals surface area contributed by atoms with Crippen LogP contribution in [0.3, 0.4) is 0 Å². The van der Waals surface area contributed by atoms with Crippen molar-refractivity contribution >= 4 is 5.97 Å². The van der Waals surface area contributed by atoms with Crippen molar-refractivity contribution in [2.45, 2.75) is 45.6 Å². The van der Waals surface area contributed by atoms with Gasteiger partial charge in [0, 0.05) is 6.08 Å². The molecule has 0 heterocycles. The van der Waals surface area contributed by atoms with Crippen molar-refractivity contribution in [3.05, 3.63) is 11.6 Å². The summed E-state index contributed by atoms with van der Waals surface area (Å²) in [5, 5.41) is 18.8. The van der Waals surface area contributed by atoms with Crippen LogP contribution in [0.5, 0.6) is 0 Å². The van der Waals surface area contributed by atoms with Crippen molar-refractivity contribution in [2.75, 3.05) is 0 Å². The molecule has 1 fully saturated rings. The Morgan fingerprint density at radius 1 is 1.36 bits per heavy atom. The molecule has 0 amide bonds. The van der Waals surface area contributed by atoms with E-state index in [2.05, 4.69) is 0 Å². The number of carbonyl (C=O) groups is 1. The molecule has 14 heavy (non-hydrogen) atoms. The van der Waals surface area contributed by atoms with Crippen LogP contribution in [0.15, 0.2) is 11.6 Å². The average molecular weight is 198 g/mol. The van der Waals surface area contributed by atoms with Gasteiger partial charge >= 0.3 is 5.97 Å². The molecule has 2 N–H and O–H groups in total. The molecular formula is C11H18O3. The Morgan fingerprint density at radius 2 is 1.93 bits per heavy atom. The number of carboxylic acids is 1. The van der Waals surface area contributed by atoms with E-state index in [-0.39, 0.29) is 5.41 Å². The number of carboxylic acid groups (broad SMARTS) is 1. The van der Waals surface area contributed by atoms with Crippen molar-refractivity contribution < 1.29 is 15.0 Å². The SMILES string of the molecule is CC1(C)CCCC(C)(O)C1=CC(=O)O. The largest absolute Gasteiger partial charge is 0.478 e. The maximum Gasteiger partial charge on any atom is 0.328 e. The lowest BCUT2D eigenvalue weighted by Crippen LogP contribution is -2.39. The van der Waals surface area contributed by atoms with Crippen LogP contribution < -0.4 is 0 Å². The van der Waals surface area contributed by atoms with E-state index in [0.29, 0.717) is 12.0 Å². The molecule has 0 aliphatic heterocycles. The predicted molar refractivity (Wildman–Crippen MR) is 54.0 cm³/mol. The highest BCUT2D eigenvalue weighted by Crippen LogP contribution is 2.45. The second-order valence-corrected chi connectivity index (χ2v) is 4.91. The number of aliphatic carboxylic acids is 1. The van der Waals surface area contributed by atoms with E-state index in [1.807, 2.05) is 13.8 Å². The van der Waals surface area contributed by atoms with E-state index in [1.165, 1.54) is 6.08 Å². The summed E-state index contributed by atoms with van der Waals surface area (Å²) < 4.78 is 0. The Hall–Kier alpha value is -0.830. The van der Waals surface area contributed by atoms with Gasteiger partial charge in [-0.1, -0.05) is 13.8 Å². The van der Waals surface area contributed by atoms with Crippen molar-refractivity contribution in [3.8, 4) is 0 Å². The van der Waals surface area contributed by atoms with Crippen molar-refractivity contribution in [1.29, 1.82) is 0 Å². The summed E-state index contributed by atoms with van der Waals surface area (Å²) >= 11 is 0. The first-order chi connectivity index (χ1) is 6.26. The topological polar surface area (TPSA) is 57.5 Å². The van der Waals surface area contributed by atoms with Gasteiger partial charge in [0.25, 0.3) is 0 Å². The summed E-state index contributed by atoms with van der Waals surface area (Å²) in [6.45, 7) is 5.66. The molecule has 0 aromatic carbocycles. The van der Waals surface area contributed by atoms with Gasteiger partial charge in [0.05, 0.1) is 5.60 Å². The van der Waals surface area contributed by atoms with Crippen molar-refractivity contribution in [2.24, 2.45) is 5.41 Å². The fraction of sp³-hybridized carbons (Fsp3) is 0.727. The van der Waals surface area contributed by atoms with Gasteiger partial charge in [-0.2, -0.15) is 0 Å². The van der Waals surface area contributed by atoms with Crippen LogP contribution in [0.2, 0.25) is 0 Å². The maximum atomic E-state index is 10.7. The van der Waals surface area contributed by atoms with Crippen LogP contribution in [0.25, 0.3) is 0 Å². The molecule has 0 aromatic heterocycles. The number of aliphatic hydroxyl groups is 1. The highest BCUT2D eigenvalue weighted by atomic mass is 16.4. The molecule has 1 unspecified atom stereocenters. The van der Waals surface area contributed by atoms with Gasteiger partial charge < -0.3 is 10.2 Å². The third kappa shape index (κ3) is 2.15. The highest BCUT2D eigenvalue weighted by Gasteiger charge is 2.40. The van der Waals surface area contributed by atoms with E-state index in [1.54, 1.807) is 6.92 Å². The zero-order chi connectivity index (χ0) is 11.0.